The van der Waals surface area contributed by atoms with E-state index < -0.39 is 0 Å². The minimum absolute atomic E-state index is 0.126. The van der Waals surface area contributed by atoms with E-state index in [1.54, 1.807) is 11.3 Å². The van der Waals surface area contributed by atoms with Crippen LogP contribution in [-0.4, -0.2) is 47.2 Å². The molecule has 2 saturated heterocycles. The van der Waals surface area contributed by atoms with Gasteiger partial charge in [-0.15, -0.1) is 0 Å². The second-order valence-electron chi connectivity index (χ2n) is 5.66. The van der Waals surface area contributed by atoms with Crippen LogP contribution < -0.4 is 4.90 Å². The van der Waals surface area contributed by atoms with Crippen molar-refractivity contribution < 1.29 is 5.11 Å². The minimum Gasteiger partial charge on any atom is -0.391 e. The first-order chi connectivity index (χ1) is 9.22. The predicted octanol–water partition coefficient (Wildman–Crippen LogP) is 1.87. The van der Waals surface area contributed by atoms with Crippen LogP contribution in [0.15, 0.2) is 0 Å². The van der Waals surface area contributed by atoms with Crippen molar-refractivity contribution in [1.82, 2.24) is 9.88 Å². The molecule has 3 heterocycles. The second kappa shape index (κ2) is 5.38. The molecule has 1 aromatic rings. The summed E-state index contributed by atoms with van der Waals surface area (Å²) >= 11 is 1.67. The number of aryl methyl sites for hydroxylation is 1. The van der Waals surface area contributed by atoms with Gasteiger partial charge in [-0.1, -0.05) is 18.3 Å². The molecule has 0 aliphatic carbocycles. The quantitative estimate of drug-likeness (QED) is 0.918. The van der Waals surface area contributed by atoms with Crippen LogP contribution in [0.1, 0.15) is 36.8 Å². The van der Waals surface area contributed by atoms with E-state index in [0.717, 1.165) is 41.3 Å². The van der Waals surface area contributed by atoms with E-state index in [2.05, 4.69) is 23.8 Å². The Kier molecular flexibility index (Phi) is 3.78. The fraction of sp³-hybridized carbons (Fsp3) is 0.786. The molecule has 0 aromatic carbocycles. The molecule has 2 atom stereocenters. The molecule has 1 N–H and O–H groups in total. The summed E-state index contributed by atoms with van der Waals surface area (Å²) in [7, 11) is 2.27. The molecule has 4 nitrogen and oxygen atoms in total. The Morgan fingerprint density at radius 3 is 2.79 bits per heavy atom. The van der Waals surface area contributed by atoms with E-state index in [4.69, 9.17) is 4.98 Å². The molecule has 0 saturated carbocycles. The van der Waals surface area contributed by atoms with Gasteiger partial charge in [0.1, 0.15) is 0 Å². The largest absolute Gasteiger partial charge is 0.391 e. The summed E-state index contributed by atoms with van der Waals surface area (Å²) in [6.07, 6.45) is 4.82. The van der Waals surface area contributed by atoms with E-state index in [0.29, 0.717) is 6.04 Å². The highest BCUT2D eigenvalue weighted by atomic mass is 32.1. The molecule has 0 amide bonds. The molecule has 2 unspecified atom stereocenters. The minimum atomic E-state index is 0.126. The normalized spacial score (nSPS) is 27.8. The molecule has 2 aliphatic rings. The molecule has 1 aromatic heterocycles. The van der Waals surface area contributed by atoms with Gasteiger partial charge in [-0.25, -0.2) is 4.98 Å². The highest BCUT2D eigenvalue weighted by molar-refractivity contribution is 7.15. The smallest absolute Gasteiger partial charge is 0.185 e. The lowest BCUT2D eigenvalue weighted by Gasteiger charge is -2.25. The van der Waals surface area contributed by atoms with Gasteiger partial charge in [-0.3, -0.25) is 4.90 Å². The van der Waals surface area contributed by atoms with E-state index in [1.165, 1.54) is 19.3 Å². The van der Waals surface area contributed by atoms with Crippen LogP contribution in [0.4, 0.5) is 5.13 Å². The molecule has 106 valence electrons. The van der Waals surface area contributed by atoms with Crippen molar-refractivity contribution in [1.29, 1.82) is 0 Å². The summed E-state index contributed by atoms with van der Waals surface area (Å²) in [4.78, 5) is 10.8. The van der Waals surface area contributed by atoms with Gasteiger partial charge in [0.2, 0.25) is 0 Å². The van der Waals surface area contributed by atoms with Gasteiger partial charge < -0.3 is 10.0 Å². The summed E-state index contributed by atoms with van der Waals surface area (Å²) < 4.78 is 0. The number of rotatable bonds is 3. The number of aliphatic hydroxyl groups excluding tert-OH is 1. The van der Waals surface area contributed by atoms with Crippen LogP contribution in [-0.2, 0) is 13.0 Å². The number of anilines is 1. The summed E-state index contributed by atoms with van der Waals surface area (Å²) in [5.74, 6) is 0. The van der Waals surface area contributed by atoms with Crippen LogP contribution in [0, 0.1) is 0 Å². The first-order valence-corrected chi connectivity index (χ1v) is 8.11. The molecule has 5 heteroatoms. The third-order valence-corrected chi connectivity index (χ3v) is 5.81. The van der Waals surface area contributed by atoms with E-state index in [1.807, 2.05) is 0 Å². The molecular weight excluding hydrogens is 258 g/mol. The van der Waals surface area contributed by atoms with Crippen molar-refractivity contribution in [2.24, 2.45) is 0 Å². The van der Waals surface area contributed by atoms with Gasteiger partial charge in [0.15, 0.2) is 5.13 Å². The van der Waals surface area contributed by atoms with Gasteiger partial charge >= 0.3 is 0 Å². The Labute approximate surface area is 119 Å². The molecule has 0 spiro atoms. The highest BCUT2D eigenvalue weighted by Crippen LogP contribution is 2.33. The predicted molar refractivity (Wildman–Crippen MR) is 78.8 cm³/mol. The topological polar surface area (TPSA) is 39.6 Å². The third-order valence-electron chi connectivity index (χ3n) is 4.66. The van der Waals surface area contributed by atoms with Crippen LogP contribution in [0.5, 0.6) is 0 Å². The number of hydrogen-bond acceptors (Lipinski definition) is 5. The molecule has 2 fully saturated rings. The fourth-order valence-electron chi connectivity index (χ4n) is 3.39. The number of nitrogens with zero attached hydrogens (tertiary/aromatic N) is 3. The lowest BCUT2D eigenvalue weighted by Crippen LogP contribution is -2.36. The van der Waals surface area contributed by atoms with Gasteiger partial charge in [0, 0.05) is 25.2 Å². The molecule has 2 aliphatic heterocycles. The molecule has 3 rings (SSSR count). The van der Waals surface area contributed by atoms with Gasteiger partial charge in [-0.2, -0.15) is 0 Å². The fourth-order valence-corrected chi connectivity index (χ4v) is 4.43. The van der Waals surface area contributed by atoms with Crippen LogP contribution in [0.25, 0.3) is 0 Å². The van der Waals surface area contributed by atoms with Crippen molar-refractivity contribution in [2.45, 2.75) is 51.3 Å². The Hall–Kier alpha value is -0.650. The number of fused-ring (bicyclic) bond motifs is 2. The Morgan fingerprint density at radius 1 is 1.32 bits per heavy atom. The summed E-state index contributed by atoms with van der Waals surface area (Å²) in [5.41, 5.74) is 1.07. The number of likely N-dealkylation sites (N-methyl/N-ethyl adjacent to an activating group) is 1. The first kappa shape index (κ1) is 13.3. The molecule has 19 heavy (non-hydrogen) atoms. The van der Waals surface area contributed by atoms with Crippen molar-refractivity contribution in [3.05, 3.63) is 10.6 Å². The first-order valence-electron chi connectivity index (χ1n) is 7.29. The van der Waals surface area contributed by atoms with Crippen molar-refractivity contribution >= 4 is 16.5 Å². The lowest BCUT2D eigenvalue weighted by molar-refractivity contribution is 0.254. The van der Waals surface area contributed by atoms with E-state index in [-0.39, 0.29) is 6.61 Å². The SMILES string of the molecule is CCc1nc(N2CCC3CCC(C2)N3C)sc1CO. The van der Waals surface area contributed by atoms with Crippen molar-refractivity contribution in [3.63, 3.8) is 0 Å². The molecular formula is C14H23N3OS. The third kappa shape index (κ3) is 2.39. The van der Waals surface area contributed by atoms with Gasteiger partial charge in [0.05, 0.1) is 17.2 Å². The maximum atomic E-state index is 9.41. The monoisotopic (exact) mass is 281 g/mol. The summed E-state index contributed by atoms with van der Waals surface area (Å²) in [6.45, 7) is 4.43. The van der Waals surface area contributed by atoms with Crippen molar-refractivity contribution in [3.8, 4) is 0 Å². The van der Waals surface area contributed by atoms with Gasteiger partial charge in [0.25, 0.3) is 0 Å². The average Bonchev–Trinajstić information content (AvgIpc) is 2.91. The number of thiazole rings is 1. The molecule has 0 radical (unpaired) electrons. The summed E-state index contributed by atoms with van der Waals surface area (Å²) in [6, 6.07) is 1.44. The second-order valence-corrected chi connectivity index (χ2v) is 6.73. The zero-order valence-corrected chi connectivity index (χ0v) is 12.6. The number of aliphatic hydroxyl groups is 1. The Morgan fingerprint density at radius 2 is 2.11 bits per heavy atom. The number of hydrogen-bond donors (Lipinski definition) is 1. The Bertz CT molecular complexity index is 426. The standard InChI is InChI=1S/C14H23N3OS/c1-3-12-13(9-18)19-14(15-12)17-7-6-10-4-5-11(8-17)16(10)2/h10-11,18H,3-9H2,1-2H3. The van der Waals surface area contributed by atoms with Crippen LogP contribution in [0.2, 0.25) is 0 Å². The van der Waals surface area contributed by atoms with Gasteiger partial charge in [-0.05, 0) is 32.7 Å². The maximum absolute atomic E-state index is 9.41. The van der Waals surface area contributed by atoms with Crippen LogP contribution >= 0.6 is 11.3 Å². The zero-order valence-electron chi connectivity index (χ0n) is 11.8. The Balaban J connectivity index is 1.80. The average molecular weight is 281 g/mol. The van der Waals surface area contributed by atoms with Crippen molar-refractivity contribution in [2.75, 3.05) is 25.0 Å². The number of aromatic nitrogens is 1. The zero-order chi connectivity index (χ0) is 13.4. The van der Waals surface area contributed by atoms with Crippen LogP contribution in [0.3, 0.4) is 0 Å². The summed E-state index contributed by atoms with van der Waals surface area (Å²) in [5, 5.41) is 10.5. The maximum Gasteiger partial charge on any atom is 0.185 e. The lowest BCUT2D eigenvalue weighted by atomic mass is 10.1. The van der Waals surface area contributed by atoms with E-state index >= 15 is 0 Å². The van der Waals surface area contributed by atoms with E-state index in [9.17, 15) is 5.11 Å². The highest BCUT2D eigenvalue weighted by Gasteiger charge is 2.35. The molecule has 2 bridgehead atoms.